The van der Waals surface area contributed by atoms with E-state index in [0.717, 1.165) is 17.2 Å². The lowest BCUT2D eigenvalue weighted by atomic mass is 9.90. The van der Waals surface area contributed by atoms with Gasteiger partial charge in [-0.3, -0.25) is 0 Å². The van der Waals surface area contributed by atoms with Gasteiger partial charge in [-0.05, 0) is 81.1 Å². The molecule has 0 spiro atoms. The molecule has 0 saturated heterocycles. The molecule has 2 aliphatic carbocycles. The van der Waals surface area contributed by atoms with Gasteiger partial charge in [0.25, 0.3) is 11.4 Å². The highest BCUT2D eigenvalue weighted by molar-refractivity contribution is 8.45. The van der Waals surface area contributed by atoms with Crippen molar-refractivity contribution >= 4 is 21.6 Å². The van der Waals surface area contributed by atoms with Crippen molar-refractivity contribution in [2.24, 2.45) is 0 Å². The minimum Gasteiger partial charge on any atom is -0.226 e. The van der Waals surface area contributed by atoms with Gasteiger partial charge in [-0.1, -0.05) is 49.8 Å². The summed E-state index contributed by atoms with van der Waals surface area (Å²) in [4.78, 5) is 4.58. The highest BCUT2D eigenvalue weighted by Crippen LogP contribution is 3.02. The van der Waals surface area contributed by atoms with Crippen LogP contribution in [-0.2, 0) is 12.8 Å². The molecule has 3 aromatic rings. The van der Waals surface area contributed by atoms with Gasteiger partial charge in [0.15, 0.2) is 0 Å². The van der Waals surface area contributed by atoms with Crippen LogP contribution >= 0.6 is 10.2 Å². The minimum absolute atomic E-state index is 0.00533. The monoisotopic (exact) mass is 520 g/mol. The van der Waals surface area contributed by atoms with Crippen LogP contribution in [0, 0.1) is 42.7 Å². The van der Waals surface area contributed by atoms with Crippen molar-refractivity contribution in [1.29, 1.82) is 10.5 Å². The summed E-state index contributed by atoms with van der Waals surface area (Å²) >= 11 is 0. The van der Waals surface area contributed by atoms with Gasteiger partial charge in [-0.2, -0.15) is 0 Å². The zero-order valence-electron chi connectivity index (χ0n) is 19.0. The SMILES string of the molecule is [C-]#[N+]/C(C#N)=c1\c2c(/c(=C(/C#N)[N+]#[C-])c3c1Cc1c-3cccc1S(F)(F)(F)(F)F)-c1cccc(C)c1C2. The Morgan fingerprint density at radius 2 is 1.24 bits per heavy atom. The van der Waals surface area contributed by atoms with E-state index >= 15 is 0 Å². The van der Waals surface area contributed by atoms with Gasteiger partial charge >= 0.3 is 10.2 Å². The number of nitriles is 2. The zero-order chi connectivity index (χ0) is 27.0. The molecule has 37 heavy (non-hydrogen) atoms. The molecule has 0 unspecified atom stereocenters. The van der Waals surface area contributed by atoms with Crippen LogP contribution in [0.25, 0.3) is 43.3 Å². The van der Waals surface area contributed by atoms with E-state index in [1.807, 2.05) is 19.1 Å². The van der Waals surface area contributed by atoms with E-state index in [1.54, 1.807) is 18.2 Å². The summed E-state index contributed by atoms with van der Waals surface area (Å²) in [6.07, 6.45) is -0.427. The predicted octanol–water partition coefficient (Wildman–Crippen LogP) is 6.90. The average Bonchev–Trinajstić information content (AvgIpc) is 3.39. The van der Waals surface area contributed by atoms with Crippen LogP contribution < -0.4 is 10.4 Å². The number of fused-ring (bicyclic) bond motifs is 6. The molecule has 0 amide bonds. The molecular formula is C27H13F5N4S. The Kier molecular flexibility index (Phi) is 4.54. The molecular weight excluding hydrogens is 507 g/mol. The number of aryl methyl sites for hydroxylation is 1. The number of benzene rings is 3. The quantitative estimate of drug-likeness (QED) is 0.178. The minimum atomic E-state index is -10.1. The number of hydrogen-bond acceptors (Lipinski definition) is 2. The standard InChI is InChI=1S/C27H13F5N4S/c1-14-6-4-7-15-17(14)10-19-24(21(12-33)35-2)20-11-18-16(8-5-9-23(18)37(28,29,30,31)32)26(20)27(25(15)19)22(13-34)36-3/h4-9H,10-11H2,1H3/b24-21+,27-22+. The summed E-state index contributed by atoms with van der Waals surface area (Å²) in [6, 6.07) is 11.4. The van der Waals surface area contributed by atoms with Crippen molar-refractivity contribution in [1.82, 2.24) is 0 Å². The summed E-state index contributed by atoms with van der Waals surface area (Å²) in [5.74, 6) is 0. The van der Waals surface area contributed by atoms with E-state index in [0.29, 0.717) is 22.8 Å². The number of nitrogens with zero attached hydrogens (tertiary/aromatic N) is 4. The van der Waals surface area contributed by atoms with Crippen LogP contribution in [0.1, 0.15) is 27.8 Å². The van der Waals surface area contributed by atoms with Gasteiger partial charge in [0.2, 0.25) is 0 Å². The summed E-state index contributed by atoms with van der Waals surface area (Å²) < 4.78 is 70.4. The Bertz CT molecular complexity index is 1880. The van der Waals surface area contributed by atoms with Crippen LogP contribution in [0.3, 0.4) is 0 Å². The summed E-state index contributed by atoms with van der Waals surface area (Å²) in [6.45, 7) is 17.0. The molecule has 0 atom stereocenters. The van der Waals surface area contributed by atoms with Gasteiger partial charge in [-0.25, -0.2) is 20.2 Å². The van der Waals surface area contributed by atoms with Crippen LogP contribution in [0.2, 0.25) is 0 Å². The van der Waals surface area contributed by atoms with Gasteiger partial charge in [0.1, 0.15) is 4.90 Å². The maximum Gasteiger partial charge on any atom is 0.310 e. The van der Waals surface area contributed by atoms with Crippen LogP contribution in [0.4, 0.5) is 19.4 Å². The molecule has 2 aliphatic rings. The first-order valence-electron chi connectivity index (χ1n) is 10.7. The Morgan fingerprint density at radius 1 is 0.757 bits per heavy atom. The predicted molar refractivity (Wildman–Crippen MR) is 130 cm³/mol. The maximum absolute atomic E-state index is 14.1. The lowest BCUT2D eigenvalue weighted by Crippen LogP contribution is -2.25. The van der Waals surface area contributed by atoms with Gasteiger partial charge < -0.3 is 0 Å². The van der Waals surface area contributed by atoms with Crippen molar-refractivity contribution in [3.63, 3.8) is 0 Å². The number of hydrogen-bond donors (Lipinski definition) is 0. The zero-order valence-corrected chi connectivity index (χ0v) is 19.8. The Balaban J connectivity index is 2.13. The fourth-order valence-corrected chi connectivity index (χ4v) is 6.46. The van der Waals surface area contributed by atoms with Crippen molar-refractivity contribution < 1.29 is 19.4 Å². The topological polar surface area (TPSA) is 56.3 Å². The first-order valence-corrected chi connectivity index (χ1v) is 12.7. The third kappa shape index (κ3) is 3.39. The summed E-state index contributed by atoms with van der Waals surface area (Å²) in [5.41, 5.74) is 1.46. The van der Waals surface area contributed by atoms with Crippen molar-refractivity contribution in [3.8, 4) is 34.4 Å². The highest BCUT2D eigenvalue weighted by atomic mass is 32.5. The first kappa shape index (κ1) is 24.1. The largest absolute Gasteiger partial charge is 0.310 e. The molecule has 182 valence electrons. The fourth-order valence-electron chi connectivity index (χ4n) is 5.47. The normalized spacial score (nSPS) is 16.3. The molecule has 0 radical (unpaired) electrons. The van der Waals surface area contributed by atoms with E-state index in [4.69, 9.17) is 13.1 Å². The highest BCUT2D eigenvalue weighted by Gasteiger charge is 2.66. The third-order valence-electron chi connectivity index (χ3n) is 6.82. The van der Waals surface area contributed by atoms with Crippen molar-refractivity contribution in [2.75, 3.05) is 0 Å². The molecule has 0 fully saturated rings. The van der Waals surface area contributed by atoms with Gasteiger partial charge in [0.05, 0.1) is 25.3 Å². The van der Waals surface area contributed by atoms with E-state index in [-0.39, 0.29) is 33.5 Å². The van der Waals surface area contributed by atoms with E-state index in [9.17, 15) is 30.0 Å². The fraction of sp³-hybridized carbons (Fsp3) is 0.111. The van der Waals surface area contributed by atoms with Crippen LogP contribution in [0.5, 0.6) is 0 Å². The molecule has 10 heteroatoms. The van der Waals surface area contributed by atoms with E-state index in [2.05, 4.69) is 9.69 Å². The molecule has 0 saturated carbocycles. The smallest absolute Gasteiger partial charge is 0.226 e. The van der Waals surface area contributed by atoms with E-state index < -0.39 is 38.5 Å². The Hall–Kier alpha value is -4.64. The molecule has 5 rings (SSSR count). The summed E-state index contributed by atoms with van der Waals surface area (Å²) in [5, 5.41) is 19.7. The lowest BCUT2D eigenvalue weighted by molar-refractivity contribution is 0.363. The van der Waals surface area contributed by atoms with E-state index in [1.165, 1.54) is 6.07 Å². The lowest BCUT2D eigenvalue weighted by Gasteiger charge is -2.41. The maximum atomic E-state index is 14.1. The number of rotatable bonds is 1. The molecule has 0 heterocycles. The number of halogens is 5. The van der Waals surface area contributed by atoms with Gasteiger partial charge in [0, 0.05) is 5.22 Å². The van der Waals surface area contributed by atoms with Crippen molar-refractivity contribution in [3.05, 3.63) is 97.5 Å². The second-order valence-corrected chi connectivity index (χ2v) is 11.2. The molecule has 0 bridgehead atoms. The molecule has 0 aromatic heterocycles. The molecule has 4 nitrogen and oxygen atoms in total. The van der Waals surface area contributed by atoms with Crippen molar-refractivity contribution in [2.45, 2.75) is 24.7 Å². The third-order valence-corrected chi connectivity index (χ3v) is 8.03. The van der Waals surface area contributed by atoms with Gasteiger partial charge in [-0.15, -0.1) is 0 Å². The molecule has 0 aliphatic heterocycles. The van der Waals surface area contributed by atoms with Crippen LogP contribution in [-0.4, -0.2) is 0 Å². The molecule has 3 aromatic carbocycles. The van der Waals surface area contributed by atoms with Crippen LogP contribution in [0.15, 0.2) is 41.3 Å². The molecule has 0 N–H and O–H groups in total. The summed E-state index contributed by atoms with van der Waals surface area (Å²) in [7, 11) is -10.1. The Morgan fingerprint density at radius 3 is 1.76 bits per heavy atom. The average molecular weight is 520 g/mol. The second-order valence-electron chi connectivity index (χ2n) is 8.81. The first-order chi connectivity index (χ1) is 17.2. The Labute approximate surface area is 208 Å². The second kappa shape index (κ2) is 6.98.